The molecule has 0 aliphatic heterocycles. The first-order valence-corrected chi connectivity index (χ1v) is 13.1. The van der Waals surface area contributed by atoms with Crippen LogP contribution in [0.1, 0.15) is 12.8 Å². The highest BCUT2D eigenvalue weighted by Crippen LogP contribution is 2.43. The molecule has 0 unspecified atom stereocenters. The Morgan fingerprint density at radius 2 is 0.960 bits per heavy atom. The van der Waals surface area contributed by atoms with Crippen LogP contribution in [-0.4, -0.2) is 78.4 Å². The van der Waals surface area contributed by atoms with E-state index in [1.54, 1.807) is 0 Å². The molecular weight excluding hydrogens is 391 g/mol. The largest absolute Gasteiger partial charge is 0.500 e. The number of hydrogen-bond acceptors (Lipinski definition) is 9. The van der Waals surface area contributed by atoms with Crippen molar-refractivity contribution >= 4 is 25.4 Å². The number of phosphoric ester groups is 1. The molecule has 0 rings (SSSR count). The van der Waals surface area contributed by atoms with Gasteiger partial charge in [0.1, 0.15) is 0 Å². The number of phosphoric acid groups is 1. The van der Waals surface area contributed by atoms with Crippen LogP contribution in [-0.2, 0) is 40.2 Å². The lowest BCUT2D eigenvalue weighted by Gasteiger charge is -2.24. The summed E-state index contributed by atoms with van der Waals surface area (Å²) < 4.78 is 53.2. The van der Waals surface area contributed by atoms with E-state index in [1.165, 1.54) is 42.7 Å². The van der Waals surface area contributed by atoms with Crippen LogP contribution in [0.4, 0.5) is 0 Å². The van der Waals surface area contributed by atoms with Crippen LogP contribution in [0.25, 0.3) is 0 Å². The summed E-state index contributed by atoms with van der Waals surface area (Å²) in [6.45, 7) is 0.0387. The number of hydrogen-bond donors (Lipinski definition) is 1. The van der Waals surface area contributed by atoms with E-state index in [2.05, 4.69) is 0 Å². The van der Waals surface area contributed by atoms with Gasteiger partial charge in [-0.25, -0.2) is 4.57 Å². The zero-order valence-electron chi connectivity index (χ0n) is 15.8. The van der Waals surface area contributed by atoms with Gasteiger partial charge in [0.25, 0.3) is 0 Å². The molecule has 0 saturated carbocycles. The van der Waals surface area contributed by atoms with Crippen LogP contribution in [0.3, 0.4) is 0 Å². The highest BCUT2D eigenvalue weighted by Gasteiger charge is 2.38. The predicted octanol–water partition coefficient (Wildman–Crippen LogP) is 1.66. The van der Waals surface area contributed by atoms with Gasteiger partial charge in [0.15, 0.2) is 0 Å². The van der Waals surface area contributed by atoms with E-state index in [0.29, 0.717) is 24.9 Å². The maximum atomic E-state index is 11.8. The van der Waals surface area contributed by atoms with Gasteiger partial charge < -0.3 is 31.4 Å². The normalized spacial score (nSPS) is 13.4. The molecule has 0 amide bonds. The van der Waals surface area contributed by atoms with Gasteiger partial charge in [0.05, 0.1) is 13.2 Å². The molecule has 0 fully saturated rings. The van der Waals surface area contributed by atoms with E-state index in [0.717, 1.165) is 0 Å². The van der Waals surface area contributed by atoms with Gasteiger partial charge in [0, 0.05) is 54.7 Å². The zero-order valence-corrected chi connectivity index (χ0v) is 18.7. The van der Waals surface area contributed by atoms with Gasteiger partial charge in [0.2, 0.25) is 0 Å². The maximum absolute atomic E-state index is 11.8. The van der Waals surface area contributed by atoms with Crippen molar-refractivity contribution in [2.24, 2.45) is 0 Å². The summed E-state index contributed by atoms with van der Waals surface area (Å²) >= 11 is 0. The maximum Gasteiger partial charge on any atom is 0.500 e. The summed E-state index contributed by atoms with van der Waals surface area (Å²) in [5, 5.41) is 0. The fraction of sp³-hybridized carbons (Fsp3) is 1.00. The molecule has 0 heterocycles. The molecule has 25 heavy (non-hydrogen) atoms. The Bertz CT molecular complexity index is 344. The third-order valence-electron chi connectivity index (χ3n) is 3.63. The van der Waals surface area contributed by atoms with Crippen molar-refractivity contribution in [3.05, 3.63) is 0 Å². The molecule has 13 heteroatoms. The molecule has 1 N–H and O–H groups in total. The van der Waals surface area contributed by atoms with E-state index >= 15 is 0 Å². The Balaban J connectivity index is 4.12. The summed E-state index contributed by atoms with van der Waals surface area (Å²) in [4.78, 5) is 9.66. The molecule has 0 aromatic rings. The highest BCUT2D eigenvalue weighted by atomic mass is 31.2. The molecule has 0 atom stereocenters. The minimum atomic E-state index is -4.12. The molecule has 0 radical (unpaired) electrons. The molecule has 0 saturated heterocycles. The third-order valence-corrected chi connectivity index (χ3v) is 10.3. The SMILES string of the molecule is CO[Si](CCCOP(=O)(O)OCCC[Si](OC)(OC)OC)(OC)OC. The Morgan fingerprint density at radius 3 is 1.20 bits per heavy atom. The van der Waals surface area contributed by atoms with E-state index in [9.17, 15) is 9.46 Å². The van der Waals surface area contributed by atoms with Crippen LogP contribution in [0.2, 0.25) is 12.1 Å². The second-order valence-electron chi connectivity index (χ2n) is 4.93. The number of rotatable bonds is 16. The molecule has 0 aliphatic rings. The second kappa shape index (κ2) is 12.6. The van der Waals surface area contributed by atoms with Gasteiger partial charge in [-0.3, -0.25) is 9.05 Å². The molecule has 10 nitrogen and oxygen atoms in total. The first-order chi connectivity index (χ1) is 11.8. The molecule has 0 spiro atoms. The lowest BCUT2D eigenvalue weighted by atomic mass is 10.5. The highest BCUT2D eigenvalue weighted by molar-refractivity contribution is 7.47. The topological polar surface area (TPSA) is 111 Å². The van der Waals surface area contributed by atoms with Crippen molar-refractivity contribution in [1.82, 2.24) is 0 Å². The van der Waals surface area contributed by atoms with Crippen molar-refractivity contribution in [3.63, 3.8) is 0 Å². The van der Waals surface area contributed by atoms with E-state index in [4.69, 9.17) is 35.6 Å². The summed E-state index contributed by atoms with van der Waals surface area (Å²) in [5.74, 6) is 0. The van der Waals surface area contributed by atoms with Crippen molar-refractivity contribution in [2.45, 2.75) is 24.9 Å². The van der Waals surface area contributed by atoms with Crippen LogP contribution < -0.4 is 0 Å². The molecule has 0 aromatic carbocycles. The monoisotopic (exact) mass is 422 g/mol. The lowest BCUT2D eigenvalue weighted by Crippen LogP contribution is -2.42. The lowest BCUT2D eigenvalue weighted by molar-refractivity contribution is 0.112. The van der Waals surface area contributed by atoms with E-state index < -0.39 is 25.4 Å². The van der Waals surface area contributed by atoms with E-state index in [1.807, 2.05) is 0 Å². The average molecular weight is 423 g/mol. The summed E-state index contributed by atoms with van der Waals surface area (Å²) in [6.07, 6.45) is 0.866. The standard InChI is InChI=1S/C12H31O10PSi2/c1-15-24(16-2,17-3)11-7-9-21-23(13,14)22-10-8-12-25(18-4,19-5)20-6/h7-12H2,1-6H3,(H,13,14). The summed E-state index contributed by atoms with van der Waals surface area (Å²) in [7, 11) is -0.516. The van der Waals surface area contributed by atoms with Crippen LogP contribution >= 0.6 is 7.82 Å². The Hall–Kier alpha value is 0.304. The molecular formula is C12H31O10PSi2. The van der Waals surface area contributed by atoms with Gasteiger partial charge in [-0.05, 0) is 12.8 Å². The van der Waals surface area contributed by atoms with Gasteiger partial charge >= 0.3 is 25.4 Å². The van der Waals surface area contributed by atoms with E-state index in [-0.39, 0.29) is 13.2 Å². The Morgan fingerprint density at radius 1 is 0.680 bits per heavy atom. The van der Waals surface area contributed by atoms with Gasteiger partial charge in [-0.15, -0.1) is 0 Å². The Labute approximate surface area is 152 Å². The van der Waals surface area contributed by atoms with Gasteiger partial charge in [-0.2, -0.15) is 0 Å². The average Bonchev–Trinajstić information content (AvgIpc) is 2.63. The molecule has 152 valence electrons. The Kier molecular flexibility index (Phi) is 12.8. The fourth-order valence-corrected chi connectivity index (χ4v) is 6.26. The van der Waals surface area contributed by atoms with Crippen LogP contribution in [0.15, 0.2) is 0 Å². The van der Waals surface area contributed by atoms with Crippen molar-refractivity contribution in [3.8, 4) is 0 Å². The van der Waals surface area contributed by atoms with Gasteiger partial charge in [-0.1, -0.05) is 0 Å². The summed E-state index contributed by atoms with van der Waals surface area (Å²) in [6, 6.07) is 0.917. The third kappa shape index (κ3) is 9.17. The van der Waals surface area contributed by atoms with Crippen molar-refractivity contribution < 1.29 is 45.1 Å². The van der Waals surface area contributed by atoms with Crippen molar-refractivity contribution in [2.75, 3.05) is 55.9 Å². The first kappa shape index (κ1) is 25.3. The first-order valence-electron chi connectivity index (χ1n) is 7.71. The zero-order chi connectivity index (χ0) is 19.4. The van der Waals surface area contributed by atoms with Crippen molar-refractivity contribution in [1.29, 1.82) is 0 Å². The minimum Gasteiger partial charge on any atom is -0.377 e. The minimum absolute atomic E-state index is 0.0194. The smallest absolute Gasteiger partial charge is 0.377 e. The predicted molar refractivity (Wildman–Crippen MR) is 94.1 cm³/mol. The van der Waals surface area contributed by atoms with Crippen LogP contribution in [0, 0.1) is 0 Å². The molecule has 0 bridgehead atoms. The van der Waals surface area contributed by atoms with Crippen LogP contribution in [0.5, 0.6) is 0 Å². The quantitative estimate of drug-likeness (QED) is 0.224. The molecule has 0 aromatic heterocycles. The molecule has 0 aliphatic carbocycles. The second-order valence-corrected chi connectivity index (χ2v) is 12.6. The summed E-state index contributed by atoms with van der Waals surface area (Å²) in [5.41, 5.74) is 0. The fourth-order valence-electron chi connectivity index (χ4n) is 2.09.